The summed E-state index contributed by atoms with van der Waals surface area (Å²) in [6.07, 6.45) is -0.565. The van der Waals surface area contributed by atoms with Gasteiger partial charge in [0, 0.05) is 27.7 Å². The van der Waals surface area contributed by atoms with Gasteiger partial charge in [-0.1, -0.05) is 13.7 Å². The molecule has 0 aliphatic rings. The van der Waals surface area contributed by atoms with E-state index in [9.17, 15) is 9.90 Å². The first-order valence-corrected chi connectivity index (χ1v) is 5.02. The molecule has 94 valence electrons. The van der Waals surface area contributed by atoms with Crippen LogP contribution < -0.4 is 10.1 Å². The van der Waals surface area contributed by atoms with Crippen molar-refractivity contribution in [2.75, 3.05) is 13.2 Å². The zero-order valence-corrected chi connectivity index (χ0v) is 9.14. The molecule has 0 saturated heterocycles. The third kappa shape index (κ3) is 5.47. The second-order valence-electron chi connectivity index (χ2n) is 3.41. The van der Waals surface area contributed by atoms with E-state index in [0.717, 1.165) is 0 Å². The molecule has 0 aliphatic carbocycles. The van der Waals surface area contributed by atoms with Crippen molar-refractivity contribution in [1.82, 2.24) is 5.32 Å². The van der Waals surface area contributed by atoms with E-state index in [4.69, 9.17) is 14.3 Å². The molecule has 1 aromatic rings. The molecule has 2 N–H and O–H groups in total. The van der Waals surface area contributed by atoms with Gasteiger partial charge in [0.15, 0.2) is 0 Å². The number of carbonyl (C=O) groups excluding carboxylic acids is 1. The molecule has 17 heavy (non-hydrogen) atoms. The number of aldehydes is 1. The Labute approximate surface area is 111 Å². The first-order valence-electron chi connectivity index (χ1n) is 8.52. The predicted molar refractivity (Wildman–Crippen MR) is 66.5 cm³/mol. The third-order valence-corrected chi connectivity index (χ3v) is 1.97. The Morgan fingerprint density at radius 3 is 2.82 bits per heavy atom. The summed E-state index contributed by atoms with van der Waals surface area (Å²) in [5.74, 6) is 0.378. The predicted octanol–water partition coefficient (Wildman–Crippen LogP) is 1.24. The third-order valence-electron chi connectivity index (χ3n) is 1.97. The van der Waals surface area contributed by atoms with E-state index in [2.05, 4.69) is 5.32 Å². The lowest BCUT2D eigenvalue weighted by molar-refractivity contribution is 0.104. The fraction of sp³-hybridized carbons (Fsp3) is 0.462. The number of hydrogen-bond acceptors (Lipinski definition) is 4. The monoisotopic (exact) mass is 244 g/mol. The molecule has 1 aromatic carbocycles. The van der Waals surface area contributed by atoms with E-state index in [-0.39, 0.29) is 6.61 Å². The van der Waals surface area contributed by atoms with Crippen molar-refractivity contribution in [3.05, 3.63) is 29.8 Å². The van der Waals surface area contributed by atoms with E-state index in [1.807, 2.05) is 0 Å². The average Bonchev–Trinajstić information content (AvgIpc) is 2.48. The van der Waals surface area contributed by atoms with Crippen LogP contribution in [-0.2, 0) is 0 Å². The minimum atomic E-state index is -3.11. The molecule has 0 heterocycles. The zero-order valence-electron chi connectivity index (χ0n) is 16.1. The van der Waals surface area contributed by atoms with Crippen LogP contribution in [0.3, 0.4) is 0 Å². The van der Waals surface area contributed by atoms with Crippen molar-refractivity contribution in [3.63, 3.8) is 0 Å². The maximum atomic E-state index is 10.5. The van der Waals surface area contributed by atoms with E-state index in [1.165, 1.54) is 24.3 Å². The molecular weight excluding hydrogens is 218 g/mol. The molecule has 4 nitrogen and oxygen atoms in total. The fourth-order valence-corrected chi connectivity index (χ4v) is 1.11. The molecule has 4 heteroatoms. The molecule has 1 rings (SSSR count). The molecule has 0 radical (unpaired) electrons. The largest absolute Gasteiger partial charge is 0.491 e. The smallest absolute Gasteiger partial charge is 0.150 e. The number of carbonyl (C=O) groups is 1. The van der Waals surface area contributed by atoms with Gasteiger partial charge in [-0.3, -0.25) is 4.79 Å². The van der Waals surface area contributed by atoms with Crippen molar-refractivity contribution in [3.8, 4) is 5.75 Å². The lowest BCUT2D eigenvalue weighted by atomic mass is 10.2. The Morgan fingerprint density at radius 2 is 2.24 bits per heavy atom. The van der Waals surface area contributed by atoms with Crippen molar-refractivity contribution in [2.24, 2.45) is 0 Å². The summed E-state index contributed by atoms with van der Waals surface area (Å²) < 4.78 is 56.4. The highest BCUT2D eigenvalue weighted by atomic mass is 16.5. The molecule has 0 amide bonds. The van der Waals surface area contributed by atoms with Crippen LogP contribution in [0.4, 0.5) is 0 Å². The quantitative estimate of drug-likeness (QED) is 0.708. The zero-order chi connectivity index (χ0) is 18.6. The molecule has 0 saturated carbocycles. The molecule has 0 bridgehead atoms. The molecular formula is C13H19NO3. The Balaban J connectivity index is 2.60. The van der Waals surface area contributed by atoms with Gasteiger partial charge in [0.1, 0.15) is 24.7 Å². The summed E-state index contributed by atoms with van der Waals surface area (Å²) in [5, 5.41) is 11.9. The number of benzene rings is 1. The lowest BCUT2D eigenvalue weighted by Gasteiger charge is -2.14. The summed E-state index contributed by atoms with van der Waals surface area (Å²) >= 11 is 0. The summed E-state index contributed by atoms with van der Waals surface area (Å²) in [6.45, 7) is -6.91. The maximum absolute atomic E-state index is 10.5. The van der Waals surface area contributed by atoms with Crippen molar-refractivity contribution < 1.29 is 24.2 Å². The van der Waals surface area contributed by atoms with Crippen LogP contribution in [0.15, 0.2) is 24.3 Å². The number of rotatable bonds is 7. The van der Waals surface area contributed by atoms with Gasteiger partial charge in [0.2, 0.25) is 0 Å². The maximum Gasteiger partial charge on any atom is 0.150 e. The summed E-state index contributed by atoms with van der Waals surface area (Å²) in [5.41, 5.74) is 0.457. The fourth-order valence-electron chi connectivity index (χ4n) is 1.11. The highest BCUT2D eigenvalue weighted by molar-refractivity contribution is 5.74. The van der Waals surface area contributed by atoms with E-state index < -0.39 is 32.4 Å². The van der Waals surface area contributed by atoms with Gasteiger partial charge >= 0.3 is 0 Å². The van der Waals surface area contributed by atoms with Gasteiger partial charge in [0.25, 0.3) is 0 Å². The average molecular weight is 244 g/mol. The van der Waals surface area contributed by atoms with Crippen LogP contribution in [0.25, 0.3) is 0 Å². The number of aliphatic hydroxyl groups excluding tert-OH is 1. The summed E-state index contributed by atoms with van der Waals surface area (Å²) in [7, 11) is 0. The highest BCUT2D eigenvalue weighted by Crippen LogP contribution is 2.11. The van der Waals surface area contributed by atoms with Crippen LogP contribution in [-0.4, -0.2) is 36.7 Å². The van der Waals surface area contributed by atoms with E-state index >= 15 is 0 Å². The minimum absolute atomic E-state index is 0.245. The van der Waals surface area contributed by atoms with Gasteiger partial charge in [-0.25, -0.2) is 0 Å². The Morgan fingerprint density at radius 1 is 1.53 bits per heavy atom. The standard InChI is InChI=1S/C13H19NO3/c1-10(2)14-7-12(16)9-17-13-5-3-11(8-15)4-6-13/h3-6,8,10,12,14,16H,7,9H2,1-2H3/i1D3,2D3,10D. The first kappa shape index (κ1) is 6.52. The summed E-state index contributed by atoms with van der Waals surface area (Å²) in [6, 6.07) is 3.18. The van der Waals surface area contributed by atoms with E-state index in [1.54, 1.807) is 0 Å². The number of nitrogens with one attached hydrogen (secondary N) is 1. The van der Waals surface area contributed by atoms with Crippen molar-refractivity contribution in [2.45, 2.75) is 25.8 Å². The van der Waals surface area contributed by atoms with Crippen LogP contribution in [0.5, 0.6) is 5.75 Å². The SMILES string of the molecule is [2H]C([2H])([2H])C([2H])(NCC(O)COc1ccc(C=O)cc1)C([2H])([2H])[2H]. The summed E-state index contributed by atoms with van der Waals surface area (Å²) in [4.78, 5) is 10.5. The van der Waals surface area contributed by atoms with Gasteiger partial charge in [-0.15, -0.1) is 0 Å². The number of aliphatic hydroxyl groups is 1. The molecule has 0 aromatic heterocycles. The van der Waals surface area contributed by atoms with Crippen molar-refractivity contribution in [1.29, 1.82) is 0 Å². The highest BCUT2D eigenvalue weighted by Gasteiger charge is 2.05. The van der Waals surface area contributed by atoms with E-state index in [0.29, 0.717) is 17.6 Å². The Hall–Kier alpha value is -1.39. The van der Waals surface area contributed by atoms with Gasteiger partial charge < -0.3 is 15.2 Å². The van der Waals surface area contributed by atoms with Gasteiger partial charge in [0.05, 0.1) is 0 Å². The second kappa shape index (κ2) is 7.04. The minimum Gasteiger partial charge on any atom is -0.491 e. The topological polar surface area (TPSA) is 58.6 Å². The second-order valence-corrected chi connectivity index (χ2v) is 3.41. The Kier molecular flexibility index (Phi) is 2.70. The normalized spacial score (nSPS) is 20.6. The molecule has 0 fully saturated rings. The first-order chi connectivity index (χ1) is 10.9. The lowest BCUT2D eigenvalue weighted by Crippen LogP contribution is -2.35. The molecule has 0 aliphatic heterocycles. The van der Waals surface area contributed by atoms with Crippen molar-refractivity contribution >= 4 is 6.29 Å². The molecule has 1 atom stereocenters. The van der Waals surface area contributed by atoms with Gasteiger partial charge in [-0.2, -0.15) is 0 Å². The van der Waals surface area contributed by atoms with Gasteiger partial charge in [-0.05, 0) is 24.3 Å². The van der Waals surface area contributed by atoms with Crippen LogP contribution in [0.1, 0.15) is 33.7 Å². The molecule has 0 spiro atoms. The Bertz CT molecular complexity index is 528. The number of ether oxygens (including phenoxy) is 1. The van der Waals surface area contributed by atoms with Crippen LogP contribution >= 0.6 is 0 Å². The number of hydrogen-bond donors (Lipinski definition) is 2. The molecule has 1 unspecified atom stereocenters. The van der Waals surface area contributed by atoms with Crippen LogP contribution in [0.2, 0.25) is 0 Å². The van der Waals surface area contributed by atoms with Crippen LogP contribution in [0, 0.1) is 0 Å².